The van der Waals surface area contributed by atoms with E-state index in [2.05, 4.69) is 46.8 Å². The van der Waals surface area contributed by atoms with E-state index in [4.69, 9.17) is 11.6 Å². The lowest BCUT2D eigenvalue weighted by Crippen LogP contribution is -3.00. The molecule has 1 heterocycles. The summed E-state index contributed by atoms with van der Waals surface area (Å²) in [6.07, 6.45) is 3.14. The highest BCUT2D eigenvalue weighted by atomic mass is 79.9. The number of halogens is 2. The first kappa shape index (κ1) is 12.5. The van der Waals surface area contributed by atoms with E-state index in [-0.39, 0.29) is 17.0 Å². The van der Waals surface area contributed by atoms with Gasteiger partial charge < -0.3 is 17.0 Å². The summed E-state index contributed by atoms with van der Waals surface area (Å²) in [5.74, 6) is 0.718. The maximum absolute atomic E-state index is 5.69. The van der Waals surface area contributed by atoms with E-state index in [1.165, 1.54) is 11.0 Å². The Hall–Kier alpha value is -0.540. The van der Waals surface area contributed by atoms with Crippen molar-refractivity contribution in [1.82, 2.24) is 4.57 Å². The summed E-state index contributed by atoms with van der Waals surface area (Å²) in [6.45, 7) is 0.991. The number of benzene rings is 1. The van der Waals surface area contributed by atoms with E-state index in [1.54, 1.807) is 0 Å². The van der Waals surface area contributed by atoms with E-state index in [0.29, 0.717) is 0 Å². The van der Waals surface area contributed by atoms with Crippen molar-refractivity contribution in [1.29, 1.82) is 0 Å². The molecule has 0 aliphatic carbocycles. The van der Waals surface area contributed by atoms with Crippen LogP contribution in [0, 0.1) is 0 Å². The van der Waals surface area contributed by atoms with Gasteiger partial charge in [0.25, 0.3) is 0 Å². The van der Waals surface area contributed by atoms with Gasteiger partial charge in [-0.15, -0.1) is 11.6 Å². The number of hydrogen-bond donors (Lipinski definition) is 0. The van der Waals surface area contributed by atoms with Crippen molar-refractivity contribution in [2.75, 3.05) is 5.88 Å². The van der Waals surface area contributed by atoms with Crippen LogP contribution in [0.15, 0.2) is 30.6 Å². The van der Waals surface area contributed by atoms with Gasteiger partial charge in [-0.1, -0.05) is 12.1 Å². The van der Waals surface area contributed by atoms with Crippen LogP contribution < -0.4 is 21.5 Å². The lowest BCUT2D eigenvalue weighted by Gasteiger charge is -1.93. The van der Waals surface area contributed by atoms with Gasteiger partial charge in [-0.25, -0.2) is 9.13 Å². The molecule has 0 unspecified atom stereocenters. The van der Waals surface area contributed by atoms with Crippen LogP contribution in [-0.4, -0.2) is 10.4 Å². The molecule has 82 valence electrons. The topological polar surface area (TPSA) is 8.81 Å². The summed E-state index contributed by atoms with van der Waals surface area (Å²) in [4.78, 5) is 0. The Morgan fingerprint density at radius 1 is 1.33 bits per heavy atom. The number of hydrogen-bond acceptors (Lipinski definition) is 0. The van der Waals surface area contributed by atoms with Crippen LogP contribution in [0.5, 0.6) is 0 Å². The summed E-state index contributed by atoms with van der Waals surface area (Å²) in [5, 5.41) is 0. The van der Waals surface area contributed by atoms with Crippen molar-refractivity contribution < 1.29 is 21.5 Å². The number of rotatable bonds is 3. The molecule has 2 nitrogen and oxygen atoms in total. The Morgan fingerprint density at radius 2 is 2.07 bits per heavy atom. The van der Waals surface area contributed by atoms with Crippen molar-refractivity contribution >= 4 is 22.6 Å². The Balaban J connectivity index is 0.00000112. The highest BCUT2D eigenvalue weighted by Crippen LogP contribution is 2.08. The lowest BCUT2D eigenvalue weighted by atomic mass is 10.3. The van der Waals surface area contributed by atoms with E-state index in [1.807, 2.05) is 0 Å². The minimum absolute atomic E-state index is 0. The minimum Gasteiger partial charge on any atom is -1.00 e. The average molecular weight is 290 g/mol. The smallest absolute Gasteiger partial charge is 0.244 e. The van der Waals surface area contributed by atoms with Crippen molar-refractivity contribution in [2.24, 2.45) is 7.05 Å². The molecule has 1 aromatic carbocycles. The molecular weight excluding hydrogens is 275 g/mol. The zero-order chi connectivity index (χ0) is 9.97. The van der Waals surface area contributed by atoms with Gasteiger partial charge in [0.05, 0.1) is 13.6 Å². The fourth-order valence-electron chi connectivity index (χ4n) is 1.75. The van der Waals surface area contributed by atoms with Crippen LogP contribution in [0.4, 0.5) is 0 Å². The van der Waals surface area contributed by atoms with E-state index < -0.39 is 0 Å². The molecule has 0 saturated heterocycles. The first-order chi connectivity index (χ1) is 6.83. The molecular formula is C11H14BrClN2. The molecule has 0 aliphatic rings. The van der Waals surface area contributed by atoms with Gasteiger partial charge in [-0.2, -0.15) is 0 Å². The second-order valence-corrected chi connectivity index (χ2v) is 3.83. The van der Waals surface area contributed by atoms with Gasteiger partial charge in [-0.05, 0) is 18.6 Å². The largest absolute Gasteiger partial charge is 1.00 e. The predicted octanol–water partition coefficient (Wildman–Crippen LogP) is -0.901. The third-order valence-corrected chi connectivity index (χ3v) is 2.68. The van der Waals surface area contributed by atoms with Crippen LogP contribution in [0.25, 0.3) is 11.0 Å². The second-order valence-electron chi connectivity index (χ2n) is 3.45. The van der Waals surface area contributed by atoms with Crippen molar-refractivity contribution in [3.05, 3.63) is 30.6 Å². The van der Waals surface area contributed by atoms with E-state index in [9.17, 15) is 0 Å². The Kier molecular flexibility index (Phi) is 4.61. The van der Waals surface area contributed by atoms with Gasteiger partial charge in [0.1, 0.15) is 0 Å². The summed E-state index contributed by atoms with van der Waals surface area (Å²) in [6, 6.07) is 8.41. The zero-order valence-corrected chi connectivity index (χ0v) is 11.0. The fourth-order valence-corrected chi connectivity index (χ4v) is 1.87. The monoisotopic (exact) mass is 288 g/mol. The van der Waals surface area contributed by atoms with Crippen molar-refractivity contribution in [2.45, 2.75) is 13.0 Å². The number of imidazole rings is 1. The molecule has 0 fully saturated rings. The number of alkyl halides is 1. The molecule has 0 radical (unpaired) electrons. The third-order valence-electron chi connectivity index (χ3n) is 2.42. The molecule has 2 rings (SSSR count). The summed E-state index contributed by atoms with van der Waals surface area (Å²) in [5.41, 5.74) is 2.54. The third kappa shape index (κ3) is 2.52. The molecule has 4 heteroatoms. The molecule has 0 saturated carbocycles. The minimum atomic E-state index is 0. The van der Waals surface area contributed by atoms with Gasteiger partial charge in [0, 0.05) is 5.88 Å². The molecule has 0 spiro atoms. The van der Waals surface area contributed by atoms with Crippen molar-refractivity contribution in [3.63, 3.8) is 0 Å². The standard InChI is InChI=1S/C11H14ClN2.BrH/c1-13-9-14(8-4-7-12)11-6-3-2-5-10(11)13;/h2-3,5-6,9H,4,7-8H2,1H3;1H/q+1;/p-1. The first-order valence-electron chi connectivity index (χ1n) is 4.82. The highest BCUT2D eigenvalue weighted by Gasteiger charge is 2.10. The predicted molar refractivity (Wildman–Crippen MR) is 58.5 cm³/mol. The molecule has 0 atom stereocenters. The molecule has 15 heavy (non-hydrogen) atoms. The molecule has 2 aromatic rings. The van der Waals surface area contributed by atoms with E-state index >= 15 is 0 Å². The molecule has 0 bridgehead atoms. The van der Waals surface area contributed by atoms with Gasteiger partial charge >= 0.3 is 0 Å². The Labute approximate surface area is 105 Å². The average Bonchev–Trinajstić information content (AvgIpc) is 2.54. The second kappa shape index (κ2) is 5.52. The molecule has 0 amide bonds. The molecule has 0 aliphatic heterocycles. The molecule has 1 aromatic heterocycles. The maximum Gasteiger partial charge on any atom is 0.244 e. The number of para-hydroxylation sites is 2. The number of aryl methyl sites for hydroxylation is 2. The highest BCUT2D eigenvalue weighted by molar-refractivity contribution is 6.17. The number of nitrogens with zero attached hydrogens (tertiary/aromatic N) is 2. The van der Waals surface area contributed by atoms with Gasteiger partial charge in [-0.3, -0.25) is 0 Å². The lowest BCUT2D eigenvalue weighted by molar-refractivity contribution is -0.672. The van der Waals surface area contributed by atoms with Crippen molar-refractivity contribution in [3.8, 4) is 0 Å². The summed E-state index contributed by atoms with van der Waals surface area (Å²) >= 11 is 5.69. The van der Waals surface area contributed by atoms with Crippen LogP contribution >= 0.6 is 11.6 Å². The van der Waals surface area contributed by atoms with E-state index in [0.717, 1.165) is 18.8 Å². The van der Waals surface area contributed by atoms with Crippen LogP contribution in [0.2, 0.25) is 0 Å². The normalized spacial score (nSPS) is 10.3. The summed E-state index contributed by atoms with van der Waals surface area (Å²) < 4.78 is 4.39. The fraction of sp³-hybridized carbons (Fsp3) is 0.364. The Morgan fingerprint density at radius 3 is 2.80 bits per heavy atom. The first-order valence-corrected chi connectivity index (χ1v) is 5.36. The van der Waals surface area contributed by atoms with Crippen LogP contribution in [0.1, 0.15) is 6.42 Å². The zero-order valence-electron chi connectivity index (χ0n) is 8.66. The maximum atomic E-state index is 5.69. The van der Waals surface area contributed by atoms with Crippen LogP contribution in [0.3, 0.4) is 0 Å². The number of fused-ring (bicyclic) bond motifs is 1. The number of aromatic nitrogens is 2. The van der Waals surface area contributed by atoms with Gasteiger partial charge in [0.2, 0.25) is 6.33 Å². The van der Waals surface area contributed by atoms with Gasteiger partial charge in [0.15, 0.2) is 11.0 Å². The molecule has 0 N–H and O–H groups in total. The van der Waals surface area contributed by atoms with Crippen LogP contribution in [-0.2, 0) is 13.6 Å². The SMILES string of the molecule is Cn1c[n+](CCCCl)c2ccccc21.[Br-]. The summed E-state index contributed by atoms with van der Waals surface area (Å²) in [7, 11) is 2.07. The quantitative estimate of drug-likeness (QED) is 0.511. The Bertz CT molecular complexity index is 439.